The number of nitrogens with zero attached hydrogens (tertiary/aromatic N) is 1. The van der Waals surface area contributed by atoms with Crippen LogP contribution >= 0.6 is 15.9 Å². The lowest BCUT2D eigenvalue weighted by molar-refractivity contribution is -0.126. The molecule has 0 spiro atoms. The van der Waals surface area contributed by atoms with Gasteiger partial charge < -0.3 is 4.90 Å². The Kier molecular flexibility index (Phi) is 3.95. The molecule has 118 valence electrons. The van der Waals surface area contributed by atoms with E-state index < -0.39 is 0 Å². The number of amides is 1. The molecule has 1 saturated heterocycles. The van der Waals surface area contributed by atoms with Gasteiger partial charge in [0.05, 0.1) is 12.0 Å². The maximum Gasteiger partial charge on any atom is 0.237 e. The van der Waals surface area contributed by atoms with Crippen LogP contribution in [0.4, 0.5) is 5.69 Å². The molecule has 0 saturated carbocycles. The number of rotatable bonds is 3. The second-order valence-electron chi connectivity index (χ2n) is 5.93. The quantitative estimate of drug-likeness (QED) is 0.565. The van der Waals surface area contributed by atoms with Gasteiger partial charge in [0, 0.05) is 10.2 Å². The van der Waals surface area contributed by atoms with Crippen molar-refractivity contribution in [1.82, 2.24) is 0 Å². The Labute approximate surface area is 149 Å². The van der Waals surface area contributed by atoms with Gasteiger partial charge in [-0.15, -0.1) is 0 Å². The van der Waals surface area contributed by atoms with Crippen molar-refractivity contribution in [3.63, 3.8) is 0 Å². The highest BCUT2D eigenvalue weighted by Crippen LogP contribution is 2.48. The molecule has 3 heteroatoms. The fraction of sp³-hybridized carbons (Fsp3) is 0.0952. The molecular formula is C21H16BrNO. The lowest BCUT2D eigenvalue weighted by Gasteiger charge is -2.47. The number of anilines is 1. The third kappa shape index (κ3) is 2.55. The maximum absolute atomic E-state index is 12.9. The summed E-state index contributed by atoms with van der Waals surface area (Å²) in [5, 5.41) is 0. The van der Waals surface area contributed by atoms with E-state index in [1.54, 1.807) is 0 Å². The van der Waals surface area contributed by atoms with Crippen molar-refractivity contribution in [3.8, 4) is 0 Å². The van der Waals surface area contributed by atoms with Crippen LogP contribution in [0.15, 0.2) is 89.4 Å². The van der Waals surface area contributed by atoms with Gasteiger partial charge in [-0.3, -0.25) is 4.79 Å². The summed E-state index contributed by atoms with van der Waals surface area (Å²) in [6, 6.07) is 28.2. The Morgan fingerprint density at radius 2 is 1.25 bits per heavy atom. The first-order valence-electron chi connectivity index (χ1n) is 7.94. The molecule has 0 N–H and O–H groups in total. The minimum Gasteiger partial charge on any atom is -0.303 e. The molecule has 1 amide bonds. The van der Waals surface area contributed by atoms with Crippen LogP contribution in [0, 0.1) is 0 Å². The monoisotopic (exact) mass is 377 g/mol. The minimum absolute atomic E-state index is 0.0299. The smallest absolute Gasteiger partial charge is 0.237 e. The fourth-order valence-electron chi connectivity index (χ4n) is 3.36. The number of carbonyl (C=O) groups is 1. The second kappa shape index (κ2) is 6.25. The molecule has 0 aromatic heterocycles. The van der Waals surface area contributed by atoms with Gasteiger partial charge in [0.15, 0.2) is 0 Å². The topological polar surface area (TPSA) is 20.3 Å². The average molecular weight is 378 g/mol. The highest BCUT2D eigenvalue weighted by atomic mass is 79.9. The van der Waals surface area contributed by atoms with Gasteiger partial charge >= 0.3 is 0 Å². The zero-order valence-corrected chi connectivity index (χ0v) is 14.6. The molecule has 1 aliphatic heterocycles. The van der Waals surface area contributed by atoms with E-state index in [4.69, 9.17) is 0 Å². The van der Waals surface area contributed by atoms with Crippen LogP contribution in [0.2, 0.25) is 0 Å². The van der Waals surface area contributed by atoms with E-state index in [0.717, 1.165) is 21.3 Å². The normalized spacial score (nSPS) is 19.9. The van der Waals surface area contributed by atoms with Gasteiger partial charge in [0.2, 0.25) is 5.91 Å². The summed E-state index contributed by atoms with van der Waals surface area (Å²) in [6.07, 6.45) is 0. The standard InChI is InChI=1S/C21H16BrNO/c22-17-11-13-18(14-12-17)23-20(16-9-5-2-6-10-16)19(21(23)24)15-7-3-1-4-8-15/h1-14,19-20H/t19-,20+/m1/s1. The summed E-state index contributed by atoms with van der Waals surface area (Å²) in [6.45, 7) is 0. The van der Waals surface area contributed by atoms with Crippen molar-refractivity contribution in [2.75, 3.05) is 4.90 Å². The Morgan fingerprint density at radius 3 is 1.83 bits per heavy atom. The molecule has 24 heavy (non-hydrogen) atoms. The van der Waals surface area contributed by atoms with Crippen molar-refractivity contribution in [2.45, 2.75) is 12.0 Å². The molecule has 2 nitrogen and oxygen atoms in total. The molecule has 4 rings (SSSR count). The van der Waals surface area contributed by atoms with Crippen LogP contribution in [0.1, 0.15) is 23.1 Å². The maximum atomic E-state index is 12.9. The molecule has 1 heterocycles. The Bertz CT molecular complexity index is 846. The fourth-order valence-corrected chi connectivity index (χ4v) is 3.62. The lowest BCUT2D eigenvalue weighted by Crippen LogP contribution is -2.53. The molecule has 3 aromatic carbocycles. The Balaban J connectivity index is 1.77. The predicted octanol–water partition coefficient (Wildman–Crippen LogP) is 5.32. The van der Waals surface area contributed by atoms with Crippen LogP contribution in [0.25, 0.3) is 0 Å². The van der Waals surface area contributed by atoms with E-state index in [1.165, 1.54) is 0 Å². The lowest BCUT2D eigenvalue weighted by atomic mass is 9.77. The second-order valence-corrected chi connectivity index (χ2v) is 6.84. The summed E-state index contributed by atoms with van der Waals surface area (Å²) in [5.41, 5.74) is 3.17. The average Bonchev–Trinajstić information content (AvgIpc) is 2.63. The highest BCUT2D eigenvalue weighted by Gasteiger charge is 2.49. The summed E-state index contributed by atoms with van der Waals surface area (Å²) in [5.74, 6) is 0.0228. The number of β-lactam (4-membered cyclic amide) rings is 1. The van der Waals surface area contributed by atoms with Gasteiger partial charge in [-0.1, -0.05) is 76.6 Å². The van der Waals surface area contributed by atoms with E-state index in [-0.39, 0.29) is 17.9 Å². The van der Waals surface area contributed by atoms with Crippen molar-refractivity contribution in [2.24, 2.45) is 0 Å². The highest BCUT2D eigenvalue weighted by molar-refractivity contribution is 9.10. The first-order chi connectivity index (χ1) is 11.8. The van der Waals surface area contributed by atoms with Gasteiger partial charge in [-0.2, -0.15) is 0 Å². The molecular weight excluding hydrogens is 362 g/mol. The van der Waals surface area contributed by atoms with Crippen molar-refractivity contribution in [1.29, 1.82) is 0 Å². The largest absolute Gasteiger partial charge is 0.303 e. The molecule has 0 unspecified atom stereocenters. The molecule has 2 atom stereocenters. The van der Waals surface area contributed by atoms with Crippen LogP contribution in [0.5, 0.6) is 0 Å². The van der Waals surface area contributed by atoms with Crippen molar-refractivity contribution >= 4 is 27.5 Å². The van der Waals surface area contributed by atoms with E-state index in [0.29, 0.717) is 0 Å². The van der Waals surface area contributed by atoms with Crippen LogP contribution in [-0.4, -0.2) is 5.91 Å². The van der Waals surface area contributed by atoms with Crippen molar-refractivity contribution < 1.29 is 4.79 Å². The molecule has 1 aliphatic rings. The summed E-state index contributed by atoms with van der Waals surface area (Å²) in [4.78, 5) is 14.8. The van der Waals surface area contributed by atoms with Crippen LogP contribution in [-0.2, 0) is 4.79 Å². The number of halogens is 1. The minimum atomic E-state index is -0.128. The molecule has 0 bridgehead atoms. The number of benzene rings is 3. The molecule has 0 radical (unpaired) electrons. The van der Waals surface area contributed by atoms with Gasteiger partial charge in [0.1, 0.15) is 0 Å². The van der Waals surface area contributed by atoms with E-state index in [9.17, 15) is 4.79 Å². The summed E-state index contributed by atoms with van der Waals surface area (Å²) in [7, 11) is 0. The van der Waals surface area contributed by atoms with Gasteiger partial charge in [-0.05, 0) is 35.4 Å². The summed E-state index contributed by atoms with van der Waals surface area (Å²) < 4.78 is 1.01. The van der Waals surface area contributed by atoms with E-state index >= 15 is 0 Å². The summed E-state index contributed by atoms with van der Waals surface area (Å²) >= 11 is 3.45. The first-order valence-corrected chi connectivity index (χ1v) is 8.73. The first kappa shape index (κ1) is 15.2. The van der Waals surface area contributed by atoms with Crippen LogP contribution in [0.3, 0.4) is 0 Å². The van der Waals surface area contributed by atoms with Crippen molar-refractivity contribution in [3.05, 3.63) is 101 Å². The van der Waals surface area contributed by atoms with Gasteiger partial charge in [0.25, 0.3) is 0 Å². The molecule has 3 aromatic rings. The zero-order valence-electron chi connectivity index (χ0n) is 13.0. The molecule has 0 aliphatic carbocycles. The third-order valence-corrected chi connectivity index (χ3v) is 5.03. The molecule has 1 fully saturated rings. The predicted molar refractivity (Wildman–Crippen MR) is 100.0 cm³/mol. The van der Waals surface area contributed by atoms with Crippen LogP contribution < -0.4 is 4.90 Å². The Hall–Kier alpha value is -2.39. The SMILES string of the molecule is O=C1[C@H](c2ccccc2)[C@H](c2ccccc2)N1c1ccc(Br)cc1. The van der Waals surface area contributed by atoms with E-state index in [2.05, 4.69) is 28.1 Å². The number of hydrogen-bond acceptors (Lipinski definition) is 1. The number of hydrogen-bond donors (Lipinski definition) is 0. The zero-order chi connectivity index (χ0) is 16.5. The van der Waals surface area contributed by atoms with Gasteiger partial charge in [-0.25, -0.2) is 0 Å². The van der Waals surface area contributed by atoms with E-state index in [1.807, 2.05) is 77.7 Å². The number of carbonyl (C=O) groups excluding carboxylic acids is 1. The third-order valence-electron chi connectivity index (χ3n) is 4.50. The Morgan fingerprint density at radius 1 is 0.708 bits per heavy atom.